The quantitative estimate of drug-likeness (QED) is 0.632. The monoisotopic (exact) mass is 359 g/mol. The Balaban J connectivity index is 1.80. The summed E-state index contributed by atoms with van der Waals surface area (Å²) in [5, 5.41) is 20.7. The molecule has 3 N–H and O–H groups in total. The predicted octanol–water partition coefficient (Wildman–Crippen LogP) is 1.98. The molecule has 0 aliphatic rings. The topological polar surface area (TPSA) is 105 Å². The van der Waals surface area contributed by atoms with E-state index in [-0.39, 0.29) is 13.2 Å². The maximum absolute atomic E-state index is 11.9. The summed E-state index contributed by atoms with van der Waals surface area (Å²) in [5.74, 6) is -0.612. The fourth-order valence-corrected chi connectivity index (χ4v) is 2.24. The number of hydrogen-bond donors (Lipinski definition) is 3. The van der Waals surface area contributed by atoms with Crippen molar-refractivity contribution in [2.45, 2.75) is 19.1 Å². The Morgan fingerprint density at radius 2 is 1.69 bits per heavy atom. The summed E-state index contributed by atoms with van der Waals surface area (Å²) in [7, 11) is 0. The summed E-state index contributed by atoms with van der Waals surface area (Å²) in [6, 6.07) is 15.6. The van der Waals surface area contributed by atoms with Gasteiger partial charge in [-0.2, -0.15) is 0 Å². The van der Waals surface area contributed by atoms with E-state index in [1.54, 1.807) is 24.3 Å². The average Bonchev–Trinajstić information content (AvgIpc) is 2.66. The Labute approximate surface area is 151 Å². The zero-order chi connectivity index (χ0) is 18.8. The fraction of sp³-hybridized carbons (Fsp3) is 0.263. The summed E-state index contributed by atoms with van der Waals surface area (Å²) in [5.41, 5.74) is 1.73. The van der Waals surface area contributed by atoms with Crippen molar-refractivity contribution in [2.24, 2.45) is 0 Å². The van der Waals surface area contributed by atoms with Gasteiger partial charge in [-0.15, -0.1) is 0 Å². The third-order valence-electron chi connectivity index (χ3n) is 3.52. The van der Waals surface area contributed by atoms with Crippen LogP contribution in [-0.2, 0) is 22.6 Å². The maximum atomic E-state index is 11.9. The molecule has 1 unspecified atom stereocenters. The highest BCUT2D eigenvalue weighted by Crippen LogP contribution is 2.13. The Morgan fingerprint density at radius 3 is 2.31 bits per heavy atom. The predicted molar refractivity (Wildman–Crippen MR) is 93.9 cm³/mol. The van der Waals surface area contributed by atoms with E-state index in [1.807, 2.05) is 30.3 Å². The number of ether oxygens (including phenoxy) is 2. The molecule has 0 spiro atoms. The van der Waals surface area contributed by atoms with Crippen LogP contribution in [0.3, 0.4) is 0 Å². The minimum atomic E-state index is -1.05. The minimum Gasteiger partial charge on any atom is -0.482 e. The molecule has 7 nitrogen and oxygen atoms in total. The van der Waals surface area contributed by atoms with Crippen LogP contribution in [0.2, 0.25) is 0 Å². The van der Waals surface area contributed by atoms with Crippen LogP contribution >= 0.6 is 0 Å². The lowest BCUT2D eigenvalue weighted by molar-refractivity contribution is -0.139. The highest BCUT2D eigenvalue weighted by molar-refractivity contribution is 5.68. The average molecular weight is 359 g/mol. The van der Waals surface area contributed by atoms with Crippen molar-refractivity contribution in [1.82, 2.24) is 5.32 Å². The molecule has 1 atom stereocenters. The third kappa shape index (κ3) is 6.82. The maximum Gasteiger partial charge on any atom is 0.407 e. The highest BCUT2D eigenvalue weighted by Gasteiger charge is 2.13. The third-order valence-corrected chi connectivity index (χ3v) is 3.52. The van der Waals surface area contributed by atoms with Gasteiger partial charge in [0.05, 0.1) is 12.6 Å². The normalized spacial score (nSPS) is 11.4. The lowest BCUT2D eigenvalue weighted by Gasteiger charge is -2.16. The Hall–Kier alpha value is -3.06. The number of alkyl carbamates (subject to hydrolysis) is 1. The summed E-state index contributed by atoms with van der Waals surface area (Å²) >= 11 is 0. The van der Waals surface area contributed by atoms with Gasteiger partial charge in [0.15, 0.2) is 6.61 Å². The zero-order valence-corrected chi connectivity index (χ0v) is 14.1. The van der Waals surface area contributed by atoms with Crippen molar-refractivity contribution in [1.29, 1.82) is 0 Å². The van der Waals surface area contributed by atoms with Gasteiger partial charge in [0.1, 0.15) is 12.4 Å². The molecule has 0 saturated heterocycles. The van der Waals surface area contributed by atoms with E-state index in [0.717, 1.165) is 11.1 Å². The molecule has 26 heavy (non-hydrogen) atoms. The summed E-state index contributed by atoms with van der Waals surface area (Å²) < 4.78 is 10.2. The first-order valence-corrected chi connectivity index (χ1v) is 8.08. The number of carbonyl (C=O) groups is 2. The number of aliphatic hydroxyl groups excluding tert-OH is 1. The van der Waals surface area contributed by atoms with Gasteiger partial charge >= 0.3 is 12.1 Å². The van der Waals surface area contributed by atoms with Crippen molar-refractivity contribution in [2.75, 3.05) is 13.2 Å². The summed E-state index contributed by atoms with van der Waals surface area (Å²) in [4.78, 5) is 22.3. The van der Waals surface area contributed by atoms with Crippen LogP contribution in [0.4, 0.5) is 4.79 Å². The highest BCUT2D eigenvalue weighted by atomic mass is 16.5. The first-order chi connectivity index (χ1) is 12.6. The number of benzene rings is 2. The van der Waals surface area contributed by atoms with Gasteiger partial charge in [-0.1, -0.05) is 42.5 Å². The number of hydrogen-bond acceptors (Lipinski definition) is 5. The van der Waals surface area contributed by atoms with Gasteiger partial charge in [-0.05, 0) is 29.7 Å². The van der Waals surface area contributed by atoms with E-state index >= 15 is 0 Å². The largest absolute Gasteiger partial charge is 0.482 e. The molecule has 0 aliphatic heterocycles. The second kappa shape index (κ2) is 10.0. The van der Waals surface area contributed by atoms with Crippen molar-refractivity contribution >= 4 is 12.1 Å². The summed E-state index contributed by atoms with van der Waals surface area (Å²) in [6.45, 7) is -0.494. The fourth-order valence-electron chi connectivity index (χ4n) is 2.24. The molecule has 1 amide bonds. The number of nitrogens with one attached hydrogen (secondary N) is 1. The van der Waals surface area contributed by atoms with E-state index in [0.29, 0.717) is 12.2 Å². The number of carboxylic acid groups (broad SMARTS) is 1. The standard InChI is InChI=1S/C19H21NO6/c21-11-16(20-19(24)26-12-15-4-2-1-3-5-15)10-14-6-8-17(9-7-14)25-13-18(22)23/h1-9,16,21H,10-13H2,(H,20,24)(H,22,23). The van der Waals surface area contributed by atoms with Crippen LogP contribution in [0.1, 0.15) is 11.1 Å². The number of carboxylic acids is 1. The molecule has 0 aromatic heterocycles. The smallest absolute Gasteiger partial charge is 0.407 e. The second-order valence-corrected chi connectivity index (χ2v) is 5.62. The molecule has 2 aromatic carbocycles. The van der Waals surface area contributed by atoms with E-state index in [1.165, 1.54) is 0 Å². The lowest BCUT2D eigenvalue weighted by atomic mass is 10.1. The van der Waals surface area contributed by atoms with Crippen LogP contribution in [-0.4, -0.2) is 41.5 Å². The molecule has 0 fully saturated rings. The van der Waals surface area contributed by atoms with Gasteiger partial charge in [-0.25, -0.2) is 9.59 Å². The molecule has 2 aromatic rings. The Bertz CT molecular complexity index is 702. The van der Waals surface area contributed by atoms with Crippen LogP contribution in [0.5, 0.6) is 5.75 Å². The molecule has 0 radical (unpaired) electrons. The molecular weight excluding hydrogens is 338 g/mol. The molecule has 2 rings (SSSR count). The molecule has 138 valence electrons. The zero-order valence-electron chi connectivity index (χ0n) is 14.1. The first kappa shape index (κ1) is 19.3. The van der Waals surface area contributed by atoms with Crippen LogP contribution in [0, 0.1) is 0 Å². The van der Waals surface area contributed by atoms with Crippen molar-refractivity contribution in [3.05, 3.63) is 65.7 Å². The van der Waals surface area contributed by atoms with E-state index < -0.39 is 24.7 Å². The van der Waals surface area contributed by atoms with Crippen molar-refractivity contribution in [3.8, 4) is 5.75 Å². The molecular formula is C19H21NO6. The van der Waals surface area contributed by atoms with Gasteiger partial charge in [0.25, 0.3) is 0 Å². The van der Waals surface area contributed by atoms with Crippen LogP contribution in [0.25, 0.3) is 0 Å². The van der Waals surface area contributed by atoms with Crippen LogP contribution < -0.4 is 10.1 Å². The Kier molecular flexibility index (Phi) is 7.45. The lowest BCUT2D eigenvalue weighted by Crippen LogP contribution is -2.39. The molecule has 0 bridgehead atoms. The van der Waals surface area contributed by atoms with Crippen molar-refractivity contribution < 1.29 is 29.3 Å². The van der Waals surface area contributed by atoms with Gasteiger partial charge in [0.2, 0.25) is 0 Å². The van der Waals surface area contributed by atoms with Gasteiger partial charge in [0, 0.05) is 0 Å². The van der Waals surface area contributed by atoms with Crippen molar-refractivity contribution in [3.63, 3.8) is 0 Å². The number of aliphatic hydroxyl groups is 1. The molecule has 7 heteroatoms. The van der Waals surface area contributed by atoms with E-state index in [4.69, 9.17) is 14.6 Å². The molecule has 0 saturated carbocycles. The second-order valence-electron chi connectivity index (χ2n) is 5.62. The van der Waals surface area contributed by atoms with Crippen LogP contribution in [0.15, 0.2) is 54.6 Å². The molecule has 0 heterocycles. The number of aliphatic carboxylic acids is 1. The van der Waals surface area contributed by atoms with E-state index in [9.17, 15) is 14.7 Å². The number of amides is 1. The first-order valence-electron chi connectivity index (χ1n) is 8.08. The van der Waals surface area contributed by atoms with Gasteiger partial charge < -0.3 is 25.0 Å². The minimum absolute atomic E-state index is 0.153. The number of rotatable bonds is 9. The Morgan fingerprint density at radius 1 is 1.00 bits per heavy atom. The van der Waals surface area contributed by atoms with Gasteiger partial charge in [-0.3, -0.25) is 0 Å². The molecule has 0 aliphatic carbocycles. The van der Waals surface area contributed by atoms with E-state index in [2.05, 4.69) is 5.32 Å². The SMILES string of the molecule is O=C(O)COc1ccc(CC(CO)NC(=O)OCc2ccccc2)cc1. The summed E-state index contributed by atoms with van der Waals surface area (Å²) in [6.07, 6.45) is -0.204. The number of carbonyl (C=O) groups excluding carboxylic acids is 1.